The van der Waals surface area contributed by atoms with Crippen LogP contribution in [0.15, 0.2) is 11.4 Å². The van der Waals surface area contributed by atoms with Crippen molar-refractivity contribution < 1.29 is 9.90 Å². The molecule has 0 saturated heterocycles. The Morgan fingerprint density at radius 1 is 1.75 bits per heavy atom. The lowest BCUT2D eigenvalue weighted by Crippen LogP contribution is -2.26. The summed E-state index contributed by atoms with van der Waals surface area (Å²) in [5.74, 6) is -0.234. The standard InChI is InChI=1S/C7H10N2O2S/c8-6-5(1-4-12-6)7(11)9-2-3-10/h1,4,10H,2-3,8H2,(H,9,11). The second-order valence-corrected chi connectivity index (χ2v) is 3.13. The minimum absolute atomic E-state index is 0.0597. The molecule has 1 aromatic rings. The van der Waals surface area contributed by atoms with Crippen molar-refractivity contribution in [2.24, 2.45) is 0 Å². The second kappa shape index (κ2) is 4.08. The zero-order valence-corrected chi connectivity index (χ0v) is 7.23. The van der Waals surface area contributed by atoms with Crippen LogP contribution in [0.25, 0.3) is 0 Å². The summed E-state index contributed by atoms with van der Waals surface area (Å²) in [6, 6.07) is 1.66. The lowest BCUT2D eigenvalue weighted by Gasteiger charge is -2.00. The van der Waals surface area contributed by atoms with Crippen LogP contribution in [-0.2, 0) is 0 Å². The third-order valence-electron chi connectivity index (χ3n) is 1.34. The van der Waals surface area contributed by atoms with Crippen LogP contribution in [0.5, 0.6) is 0 Å². The van der Waals surface area contributed by atoms with Gasteiger partial charge in [0.25, 0.3) is 5.91 Å². The predicted octanol–water partition coefficient (Wildman–Crippen LogP) is 0.0524. The van der Waals surface area contributed by atoms with Gasteiger partial charge >= 0.3 is 0 Å². The molecule has 0 unspecified atom stereocenters. The minimum atomic E-state index is -0.234. The molecule has 1 amide bonds. The first-order valence-corrected chi connectivity index (χ1v) is 4.35. The molecule has 1 rings (SSSR count). The average molecular weight is 186 g/mol. The van der Waals surface area contributed by atoms with Crippen LogP contribution < -0.4 is 11.1 Å². The number of rotatable bonds is 3. The Bertz CT molecular complexity index is 272. The van der Waals surface area contributed by atoms with Gasteiger partial charge in [0.05, 0.1) is 17.2 Å². The predicted molar refractivity (Wildman–Crippen MR) is 48.2 cm³/mol. The SMILES string of the molecule is Nc1sccc1C(=O)NCCO. The van der Waals surface area contributed by atoms with Crippen LogP contribution >= 0.6 is 11.3 Å². The van der Waals surface area contributed by atoms with Crippen LogP contribution in [0.3, 0.4) is 0 Å². The highest BCUT2D eigenvalue weighted by Gasteiger charge is 2.08. The fraction of sp³-hybridized carbons (Fsp3) is 0.286. The number of nitrogen functional groups attached to an aromatic ring is 1. The van der Waals surface area contributed by atoms with Crippen LogP contribution in [0.4, 0.5) is 5.00 Å². The van der Waals surface area contributed by atoms with Gasteiger partial charge in [0.2, 0.25) is 0 Å². The number of nitrogens with two attached hydrogens (primary N) is 1. The van der Waals surface area contributed by atoms with Gasteiger partial charge in [0.15, 0.2) is 0 Å². The summed E-state index contributed by atoms with van der Waals surface area (Å²) >= 11 is 1.32. The molecular formula is C7H10N2O2S. The summed E-state index contributed by atoms with van der Waals surface area (Å²) in [4.78, 5) is 11.2. The van der Waals surface area contributed by atoms with Crippen molar-refractivity contribution >= 4 is 22.2 Å². The number of carbonyl (C=O) groups excluding carboxylic acids is 1. The molecule has 0 aliphatic rings. The number of anilines is 1. The van der Waals surface area contributed by atoms with Crippen molar-refractivity contribution in [3.63, 3.8) is 0 Å². The van der Waals surface area contributed by atoms with Crippen molar-refractivity contribution in [3.05, 3.63) is 17.0 Å². The molecule has 0 atom stereocenters. The number of aliphatic hydroxyl groups excluding tert-OH is 1. The molecule has 0 bridgehead atoms. The van der Waals surface area contributed by atoms with Crippen molar-refractivity contribution in [3.8, 4) is 0 Å². The highest BCUT2D eigenvalue weighted by molar-refractivity contribution is 7.14. The largest absolute Gasteiger partial charge is 0.395 e. The second-order valence-electron chi connectivity index (χ2n) is 2.18. The van der Waals surface area contributed by atoms with Crippen LogP contribution in [0, 0.1) is 0 Å². The van der Waals surface area contributed by atoms with E-state index in [2.05, 4.69) is 5.32 Å². The summed E-state index contributed by atoms with van der Waals surface area (Å²) in [5.41, 5.74) is 5.99. The molecule has 0 aliphatic carbocycles. The quantitative estimate of drug-likeness (QED) is 0.624. The number of aliphatic hydroxyl groups is 1. The number of thiophene rings is 1. The monoisotopic (exact) mass is 186 g/mol. The fourth-order valence-corrected chi connectivity index (χ4v) is 1.41. The maximum absolute atomic E-state index is 11.2. The van der Waals surface area contributed by atoms with Gasteiger partial charge in [-0.15, -0.1) is 11.3 Å². The van der Waals surface area contributed by atoms with E-state index < -0.39 is 0 Å². The highest BCUT2D eigenvalue weighted by atomic mass is 32.1. The van der Waals surface area contributed by atoms with Gasteiger partial charge in [-0.2, -0.15) is 0 Å². The number of amides is 1. The van der Waals surface area contributed by atoms with E-state index in [1.165, 1.54) is 11.3 Å². The number of hydrogen-bond acceptors (Lipinski definition) is 4. The van der Waals surface area contributed by atoms with Crippen LogP contribution in [0.1, 0.15) is 10.4 Å². The van der Waals surface area contributed by atoms with Crippen LogP contribution in [0.2, 0.25) is 0 Å². The van der Waals surface area contributed by atoms with Crippen molar-refractivity contribution in [1.29, 1.82) is 0 Å². The van der Waals surface area contributed by atoms with E-state index in [0.29, 0.717) is 10.6 Å². The summed E-state index contributed by atoms with van der Waals surface area (Å²) in [6.45, 7) is 0.198. The molecule has 4 N–H and O–H groups in total. The zero-order valence-electron chi connectivity index (χ0n) is 6.41. The summed E-state index contributed by atoms with van der Waals surface area (Å²) in [7, 11) is 0. The van der Waals surface area contributed by atoms with E-state index in [1.807, 2.05) is 0 Å². The summed E-state index contributed by atoms with van der Waals surface area (Å²) in [6.07, 6.45) is 0. The molecule has 66 valence electrons. The third-order valence-corrected chi connectivity index (χ3v) is 2.08. The lowest BCUT2D eigenvalue weighted by molar-refractivity contribution is 0.0946. The van der Waals surface area contributed by atoms with Gasteiger partial charge in [-0.25, -0.2) is 0 Å². The summed E-state index contributed by atoms with van der Waals surface area (Å²) < 4.78 is 0. The van der Waals surface area contributed by atoms with Gasteiger partial charge in [-0.3, -0.25) is 4.79 Å². The average Bonchev–Trinajstić information content (AvgIpc) is 2.47. The molecule has 0 fully saturated rings. The molecular weight excluding hydrogens is 176 g/mol. The van der Waals surface area contributed by atoms with Crippen molar-refractivity contribution in [1.82, 2.24) is 5.32 Å². The molecule has 0 aromatic carbocycles. The number of nitrogens with one attached hydrogen (secondary N) is 1. The smallest absolute Gasteiger partial charge is 0.254 e. The van der Waals surface area contributed by atoms with Gasteiger partial charge in [-0.05, 0) is 11.4 Å². The Balaban J connectivity index is 2.59. The first-order chi connectivity index (χ1) is 5.75. The van der Waals surface area contributed by atoms with Crippen molar-refractivity contribution in [2.75, 3.05) is 18.9 Å². The number of carbonyl (C=O) groups is 1. The molecule has 0 radical (unpaired) electrons. The molecule has 0 spiro atoms. The fourth-order valence-electron chi connectivity index (χ4n) is 0.773. The maximum Gasteiger partial charge on any atom is 0.254 e. The lowest BCUT2D eigenvalue weighted by atomic mass is 10.3. The maximum atomic E-state index is 11.2. The molecule has 5 heteroatoms. The Morgan fingerprint density at radius 2 is 2.50 bits per heavy atom. The molecule has 12 heavy (non-hydrogen) atoms. The highest BCUT2D eigenvalue weighted by Crippen LogP contribution is 2.18. The van der Waals surface area contributed by atoms with Crippen LogP contribution in [-0.4, -0.2) is 24.2 Å². The number of hydrogen-bond donors (Lipinski definition) is 3. The Morgan fingerprint density at radius 3 is 3.00 bits per heavy atom. The van der Waals surface area contributed by atoms with Gasteiger partial charge < -0.3 is 16.2 Å². The Labute approximate surface area is 74.0 Å². The third kappa shape index (κ3) is 1.96. The van der Waals surface area contributed by atoms with Gasteiger partial charge in [0.1, 0.15) is 0 Å². The van der Waals surface area contributed by atoms with E-state index in [4.69, 9.17) is 10.8 Å². The van der Waals surface area contributed by atoms with E-state index >= 15 is 0 Å². The topological polar surface area (TPSA) is 75.4 Å². The molecule has 4 nitrogen and oxygen atoms in total. The van der Waals surface area contributed by atoms with Gasteiger partial charge in [0, 0.05) is 6.54 Å². The van der Waals surface area contributed by atoms with E-state index in [0.717, 1.165) is 0 Å². The van der Waals surface area contributed by atoms with Gasteiger partial charge in [-0.1, -0.05) is 0 Å². The zero-order chi connectivity index (χ0) is 8.97. The molecule has 1 heterocycles. The Hall–Kier alpha value is -1.07. The molecule has 0 aliphatic heterocycles. The normalized spacial score (nSPS) is 9.75. The first kappa shape index (κ1) is 9.02. The summed E-state index contributed by atoms with van der Waals surface area (Å²) in [5, 5.41) is 13.2. The van der Waals surface area contributed by atoms with E-state index in [9.17, 15) is 4.79 Å². The van der Waals surface area contributed by atoms with E-state index in [-0.39, 0.29) is 19.1 Å². The first-order valence-electron chi connectivity index (χ1n) is 3.47. The Kier molecular flexibility index (Phi) is 3.07. The van der Waals surface area contributed by atoms with Crippen molar-refractivity contribution in [2.45, 2.75) is 0 Å². The van der Waals surface area contributed by atoms with E-state index in [1.54, 1.807) is 11.4 Å². The molecule has 1 aromatic heterocycles. The molecule has 0 saturated carbocycles. The minimum Gasteiger partial charge on any atom is -0.395 e.